The summed E-state index contributed by atoms with van der Waals surface area (Å²) in [6, 6.07) is 5.97. The zero-order valence-electron chi connectivity index (χ0n) is 16.8. The Hall–Kier alpha value is -1.75. The minimum Gasteiger partial charge on any atom is -0.493 e. The fourth-order valence-corrected chi connectivity index (χ4v) is 4.48. The lowest BCUT2D eigenvalue weighted by Gasteiger charge is -2.40. The van der Waals surface area contributed by atoms with Gasteiger partial charge in [0, 0.05) is 5.92 Å². The highest BCUT2D eigenvalue weighted by Crippen LogP contribution is 2.29. The monoisotopic (exact) mass is 376 g/mol. The molecule has 0 aliphatic carbocycles. The Morgan fingerprint density at radius 1 is 1.15 bits per heavy atom. The van der Waals surface area contributed by atoms with Crippen molar-refractivity contribution in [3.05, 3.63) is 23.8 Å². The largest absolute Gasteiger partial charge is 0.493 e. The van der Waals surface area contributed by atoms with Gasteiger partial charge in [-0.15, -0.1) is 0 Å². The van der Waals surface area contributed by atoms with E-state index < -0.39 is 0 Å². The van der Waals surface area contributed by atoms with E-state index in [1.807, 2.05) is 0 Å². The normalized spacial score (nSPS) is 24.7. The number of hydrogen-bond donors (Lipinski definition) is 1. The number of piperidine rings is 2. The van der Waals surface area contributed by atoms with E-state index in [4.69, 9.17) is 14.2 Å². The number of carbonyl (C=O) groups excluding carboxylic acids is 1. The van der Waals surface area contributed by atoms with Crippen molar-refractivity contribution in [2.24, 2.45) is 5.92 Å². The first-order valence-electron chi connectivity index (χ1n) is 10.6. The van der Waals surface area contributed by atoms with Gasteiger partial charge in [0.1, 0.15) is 6.61 Å². The van der Waals surface area contributed by atoms with Crippen LogP contribution >= 0.6 is 0 Å². The molecular weight excluding hydrogens is 342 g/mol. The Morgan fingerprint density at radius 2 is 2.00 bits per heavy atom. The van der Waals surface area contributed by atoms with Crippen LogP contribution in [0.4, 0.5) is 0 Å². The molecule has 5 heteroatoms. The Balaban J connectivity index is 1.57. The molecule has 0 aromatic heterocycles. The zero-order valence-corrected chi connectivity index (χ0v) is 16.8. The molecule has 1 aromatic carbocycles. The minimum atomic E-state index is -0.267. The number of fused-ring (bicyclic) bond motifs is 1. The summed E-state index contributed by atoms with van der Waals surface area (Å²) in [6.45, 7) is 5.88. The number of benzene rings is 1. The summed E-state index contributed by atoms with van der Waals surface area (Å²) in [5.74, 6) is 1.49. The van der Waals surface area contributed by atoms with E-state index in [2.05, 4.69) is 6.92 Å². The lowest BCUT2D eigenvalue weighted by Crippen LogP contribution is -3.18. The van der Waals surface area contributed by atoms with Crippen LogP contribution in [0.15, 0.2) is 18.2 Å². The molecule has 0 spiro atoms. The Morgan fingerprint density at radius 3 is 2.81 bits per heavy atom. The van der Waals surface area contributed by atoms with Crippen LogP contribution in [0.3, 0.4) is 0 Å². The molecule has 0 radical (unpaired) electrons. The second kappa shape index (κ2) is 9.98. The van der Waals surface area contributed by atoms with Gasteiger partial charge in [0.2, 0.25) is 0 Å². The van der Waals surface area contributed by atoms with Gasteiger partial charge in [-0.2, -0.15) is 0 Å². The average Bonchev–Trinajstić information content (AvgIpc) is 2.72. The third-order valence-corrected chi connectivity index (χ3v) is 6.01. The van der Waals surface area contributed by atoms with E-state index in [-0.39, 0.29) is 5.97 Å². The lowest BCUT2D eigenvalue weighted by atomic mass is 9.84. The number of quaternary nitrogens is 1. The second-order valence-corrected chi connectivity index (χ2v) is 7.83. The van der Waals surface area contributed by atoms with Crippen molar-refractivity contribution >= 4 is 5.97 Å². The SMILES string of the molecule is CCCCOc1ccc(C(=O)OC[C@H]2CCC[NH+]3CCCC[C@H]23)cc1OC. The van der Waals surface area contributed by atoms with Gasteiger partial charge in [0.15, 0.2) is 11.5 Å². The van der Waals surface area contributed by atoms with Gasteiger partial charge in [0.05, 0.1) is 38.4 Å². The molecule has 1 N–H and O–H groups in total. The van der Waals surface area contributed by atoms with Crippen molar-refractivity contribution < 1.29 is 23.9 Å². The van der Waals surface area contributed by atoms with Crippen LogP contribution in [-0.4, -0.2) is 45.4 Å². The van der Waals surface area contributed by atoms with Gasteiger partial charge in [-0.3, -0.25) is 0 Å². The molecule has 2 heterocycles. The number of ether oxygens (including phenoxy) is 3. The molecule has 3 rings (SSSR count). The summed E-state index contributed by atoms with van der Waals surface area (Å²) >= 11 is 0. The fourth-order valence-electron chi connectivity index (χ4n) is 4.48. The number of rotatable bonds is 8. The summed E-state index contributed by atoms with van der Waals surface area (Å²) < 4.78 is 16.8. The quantitative estimate of drug-likeness (QED) is 0.560. The maximum absolute atomic E-state index is 12.6. The van der Waals surface area contributed by atoms with Crippen molar-refractivity contribution in [3.63, 3.8) is 0 Å². The molecule has 2 fully saturated rings. The molecule has 3 atom stereocenters. The Kier molecular flexibility index (Phi) is 7.39. The number of methoxy groups -OCH3 is 1. The number of carbonyl (C=O) groups is 1. The molecule has 2 aliphatic rings. The summed E-state index contributed by atoms with van der Waals surface area (Å²) in [6.07, 6.45) is 8.42. The van der Waals surface area contributed by atoms with Crippen molar-refractivity contribution in [1.82, 2.24) is 0 Å². The Bertz CT molecular complexity index is 616. The van der Waals surface area contributed by atoms with E-state index in [1.54, 1.807) is 30.2 Å². The molecular formula is C22H34NO4+. The first-order chi connectivity index (χ1) is 13.2. The smallest absolute Gasteiger partial charge is 0.338 e. The van der Waals surface area contributed by atoms with Gasteiger partial charge in [-0.1, -0.05) is 13.3 Å². The van der Waals surface area contributed by atoms with E-state index >= 15 is 0 Å². The van der Waals surface area contributed by atoms with Gasteiger partial charge in [-0.05, 0) is 56.7 Å². The molecule has 1 aromatic rings. The topological polar surface area (TPSA) is 49.2 Å². The highest BCUT2D eigenvalue weighted by atomic mass is 16.5. The summed E-state index contributed by atoms with van der Waals surface area (Å²) in [5.41, 5.74) is 0.526. The number of esters is 1. The van der Waals surface area contributed by atoms with Crippen LogP contribution < -0.4 is 14.4 Å². The van der Waals surface area contributed by atoms with Crippen LogP contribution in [0.5, 0.6) is 11.5 Å². The third-order valence-electron chi connectivity index (χ3n) is 6.01. The second-order valence-electron chi connectivity index (χ2n) is 7.83. The lowest BCUT2D eigenvalue weighted by molar-refractivity contribution is -0.940. The third kappa shape index (κ3) is 5.16. The van der Waals surface area contributed by atoms with E-state index in [1.165, 1.54) is 45.2 Å². The zero-order chi connectivity index (χ0) is 19.1. The van der Waals surface area contributed by atoms with E-state index in [0.29, 0.717) is 42.2 Å². The van der Waals surface area contributed by atoms with E-state index in [0.717, 1.165) is 12.8 Å². The van der Waals surface area contributed by atoms with Crippen molar-refractivity contribution in [3.8, 4) is 11.5 Å². The molecule has 2 aliphatic heterocycles. The van der Waals surface area contributed by atoms with Gasteiger partial charge in [0.25, 0.3) is 0 Å². The molecule has 0 amide bonds. The molecule has 1 unspecified atom stereocenters. The predicted octanol–water partition coefficient (Wildman–Crippen LogP) is 2.88. The van der Waals surface area contributed by atoms with Crippen LogP contribution in [0.2, 0.25) is 0 Å². The number of hydrogen-bond acceptors (Lipinski definition) is 4. The highest BCUT2D eigenvalue weighted by molar-refractivity contribution is 5.90. The number of unbranched alkanes of at least 4 members (excludes halogenated alkanes) is 1. The molecule has 27 heavy (non-hydrogen) atoms. The highest BCUT2D eigenvalue weighted by Gasteiger charge is 2.37. The molecule has 150 valence electrons. The Labute approximate surface area is 163 Å². The van der Waals surface area contributed by atoms with Gasteiger partial charge in [-0.25, -0.2) is 4.79 Å². The van der Waals surface area contributed by atoms with Crippen molar-refractivity contribution in [1.29, 1.82) is 0 Å². The minimum absolute atomic E-state index is 0.267. The van der Waals surface area contributed by atoms with Crippen molar-refractivity contribution in [2.75, 3.05) is 33.4 Å². The maximum Gasteiger partial charge on any atom is 0.338 e. The summed E-state index contributed by atoms with van der Waals surface area (Å²) in [4.78, 5) is 14.3. The molecule has 0 saturated carbocycles. The summed E-state index contributed by atoms with van der Waals surface area (Å²) in [7, 11) is 1.60. The average molecular weight is 377 g/mol. The first-order valence-corrected chi connectivity index (χ1v) is 10.6. The number of nitrogens with one attached hydrogen (secondary N) is 1. The standard InChI is InChI=1S/C22H33NO4/c1-3-4-14-26-20-11-10-17(15-21(20)25-2)22(24)27-16-18-8-7-13-23-12-6-5-9-19(18)23/h10-11,15,18-19H,3-9,12-14,16H2,1-2H3/p+1/t18-,19-/m1/s1. The van der Waals surface area contributed by atoms with Crippen LogP contribution in [0.25, 0.3) is 0 Å². The molecule has 5 nitrogen and oxygen atoms in total. The maximum atomic E-state index is 12.6. The van der Waals surface area contributed by atoms with Gasteiger partial charge >= 0.3 is 5.97 Å². The van der Waals surface area contributed by atoms with Crippen molar-refractivity contribution in [2.45, 2.75) is 57.9 Å². The van der Waals surface area contributed by atoms with E-state index in [9.17, 15) is 4.79 Å². The predicted molar refractivity (Wildman–Crippen MR) is 105 cm³/mol. The van der Waals surface area contributed by atoms with Crippen LogP contribution in [0.1, 0.15) is 62.2 Å². The molecule has 0 bridgehead atoms. The van der Waals surface area contributed by atoms with Crippen LogP contribution in [-0.2, 0) is 4.74 Å². The van der Waals surface area contributed by atoms with Gasteiger partial charge < -0.3 is 19.1 Å². The fraction of sp³-hybridized carbons (Fsp3) is 0.682. The summed E-state index contributed by atoms with van der Waals surface area (Å²) in [5, 5.41) is 0. The molecule has 2 saturated heterocycles. The first kappa shape index (κ1) is 20.0. The van der Waals surface area contributed by atoms with Crippen LogP contribution in [0, 0.1) is 5.92 Å².